The van der Waals surface area contributed by atoms with Crippen LogP contribution in [0.2, 0.25) is 0 Å². The van der Waals surface area contributed by atoms with Crippen LogP contribution in [-0.2, 0) is 21.4 Å². The van der Waals surface area contributed by atoms with Crippen LogP contribution in [0.4, 0.5) is 0 Å². The van der Waals surface area contributed by atoms with Crippen molar-refractivity contribution < 1.29 is 13.2 Å². The Hall–Kier alpha value is -1.67. The Morgan fingerprint density at radius 3 is 2.30 bits per heavy atom. The van der Waals surface area contributed by atoms with Gasteiger partial charge in [0.15, 0.2) is 0 Å². The minimum Gasteiger partial charge on any atom is -0.352 e. The van der Waals surface area contributed by atoms with Crippen LogP contribution >= 0.6 is 0 Å². The fourth-order valence-electron chi connectivity index (χ4n) is 3.53. The van der Waals surface area contributed by atoms with Gasteiger partial charge < -0.3 is 9.88 Å². The minimum atomic E-state index is -3.67. The molecule has 1 aromatic heterocycles. The van der Waals surface area contributed by atoms with Gasteiger partial charge in [-0.25, -0.2) is 8.42 Å². The van der Waals surface area contributed by atoms with Gasteiger partial charge in [-0.3, -0.25) is 9.59 Å². The monoisotopic (exact) mass is 397 g/mol. The predicted octanol–water partition coefficient (Wildman–Crippen LogP) is 2.11. The molecule has 0 aromatic carbocycles. The molecule has 0 spiro atoms. The maximum atomic E-state index is 12.6. The summed E-state index contributed by atoms with van der Waals surface area (Å²) in [6.07, 6.45) is 9.02. The Balaban J connectivity index is 2.11. The van der Waals surface area contributed by atoms with Crippen molar-refractivity contribution in [1.29, 1.82) is 0 Å². The third kappa shape index (κ3) is 5.90. The van der Waals surface area contributed by atoms with Crippen LogP contribution in [0.1, 0.15) is 58.8 Å². The number of rotatable bonds is 7. The molecule has 0 saturated heterocycles. The van der Waals surface area contributed by atoms with Crippen molar-refractivity contribution in [3.05, 3.63) is 28.7 Å². The fraction of sp³-hybridized carbons (Fsp3) is 0.684. The Labute approximate surface area is 161 Å². The Kier molecular flexibility index (Phi) is 8.04. The van der Waals surface area contributed by atoms with E-state index >= 15 is 0 Å². The predicted molar refractivity (Wildman–Crippen MR) is 105 cm³/mol. The summed E-state index contributed by atoms with van der Waals surface area (Å²) in [6.45, 7) is 4.05. The molecule has 27 heavy (non-hydrogen) atoms. The molecule has 7 nitrogen and oxygen atoms in total. The second kappa shape index (κ2) is 10.0. The van der Waals surface area contributed by atoms with Crippen molar-refractivity contribution in [2.45, 2.75) is 76.3 Å². The zero-order chi connectivity index (χ0) is 19.9. The SMILES string of the molecule is CCN(CC)S(=O)(=O)c1ccc(=O)n(CC(=O)NC2CCCCCCC2)c1. The Morgan fingerprint density at radius 1 is 1.11 bits per heavy atom. The van der Waals surface area contributed by atoms with Crippen molar-refractivity contribution in [3.63, 3.8) is 0 Å². The molecule has 0 aliphatic heterocycles. The summed E-state index contributed by atoms with van der Waals surface area (Å²) in [7, 11) is -3.67. The van der Waals surface area contributed by atoms with Crippen LogP contribution in [0.3, 0.4) is 0 Å². The number of hydrogen-bond acceptors (Lipinski definition) is 4. The minimum absolute atomic E-state index is 0.0320. The van der Waals surface area contributed by atoms with Gasteiger partial charge in [0.25, 0.3) is 5.56 Å². The van der Waals surface area contributed by atoms with Crippen LogP contribution in [0.25, 0.3) is 0 Å². The summed E-state index contributed by atoms with van der Waals surface area (Å²) in [6, 6.07) is 2.65. The Morgan fingerprint density at radius 2 is 1.70 bits per heavy atom. The molecule has 1 saturated carbocycles. The molecule has 0 unspecified atom stereocenters. The van der Waals surface area contributed by atoms with Gasteiger partial charge >= 0.3 is 0 Å². The average Bonchev–Trinajstić information content (AvgIpc) is 2.59. The first-order valence-electron chi connectivity index (χ1n) is 9.88. The van der Waals surface area contributed by atoms with Gasteiger partial charge in [0.2, 0.25) is 15.9 Å². The number of hydrogen-bond donors (Lipinski definition) is 1. The molecule has 0 bridgehead atoms. The van der Waals surface area contributed by atoms with Crippen molar-refractivity contribution in [3.8, 4) is 0 Å². The molecule has 1 aromatic rings. The smallest absolute Gasteiger partial charge is 0.251 e. The molecular formula is C19H31N3O4S. The van der Waals surface area contributed by atoms with E-state index in [0.29, 0.717) is 13.1 Å². The van der Waals surface area contributed by atoms with E-state index in [1.165, 1.54) is 46.5 Å². The van der Waals surface area contributed by atoms with Gasteiger partial charge in [-0.05, 0) is 18.9 Å². The maximum absolute atomic E-state index is 12.6. The van der Waals surface area contributed by atoms with Crippen LogP contribution in [-0.4, -0.2) is 42.3 Å². The molecule has 2 rings (SSSR count). The highest BCUT2D eigenvalue weighted by Crippen LogP contribution is 2.17. The van der Waals surface area contributed by atoms with Crippen molar-refractivity contribution >= 4 is 15.9 Å². The molecule has 1 amide bonds. The largest absolute Gasteiger partial charge is 0.352 e. The molecule has 8 heteroatoms. The molecule has 1 N–H and O–H groups in total. The van der Waals surface area contributed by atoms with E-state index in [1.54, 1.807) is 13.8 Å². The summed E-state index contributed by atoms with van der Waals surface area (Å²) >= 11 is 0. The van der Waals surface area contributed by atoms with E-state index in [4.69, 9.17) is 0 Å². The summed E-state index contributed by atoms with van der Waals surface area (Å²) < 4.78 is 27.8. The number of aromatic nitrogens is 1. The normalized spacial score (nSPS) is 16.7. The van der Waals surface area contributed by atoms with Gasteiger partial charge in [0, 0.05) is 31.4 Å². The summed E-state index contributed by atoms with van der Waals surface area (Å²) in [5, 5.41) is 3.01. The number of carbonyl (C=O) groups excluding carboxylic acids is 1. The van der Waals surface area contributed by atoms with Crippen molar-refractivity contribution in [1.82, 2.24) is 14.2 Å². The lowest BCUT2D eigenvalue weighted by Crippen LogP contribution is -2.39. The van der Waals surface area contributed by atoms with Crippen LogP contribution < -0.4 is 10.9 Å². The van der Waals surface area contributed by atoms with E-state index < -0.39 is 10.0 Å². The van der Waals surface area contributed by atoms with Gasteiger partial charge in [0.1, 0.15) is 6.54 Å². The molecular weight excluding hydrogens is 366 g/mol. The number of pyridine rings is 1. The van der Waals surface area contributed by atoms with E-state index in [2.05, 4.69) is 5.32 Å². The summed E-state index contributed by atoms with van der Waals surface area (Å²) in [4.78, 5) is 24.5. The first-order valence-corrected chi connectivity index (χ1v) is 11.3. The number of nitrogens with zero attached hydrogens (tertiary/aromatic N) is 2. The summed E-state index contributed by atoms with van der Waals surface area (Å²) in [5.74, 6) is -0.250. The molecule has 1 aliphatic carbocycles. The van der Waals surface area contributed by atoms with Gasteiger partial charge in [0.05, 0.1) is 4.90 Å². The van der Waals surface area contributed by atoms with Gasteiger partial charge in [-0.15, -0.1) is 0 Å². The number of nitrogens with one attached hydrogen (secondary N) is 1. The van der Waals surface area contributed by atoms with E-state index in [9.17, 15) is 18.0 Å². The number of amides is 1. The van der Waals surface area contributed by atoms with Crippen molar-refractivity contribution in [2.24, 2.45) is 0 Å². The molecule has 1 heterocycles. The van der Waals surface area contributed by atoms with Crippen LogP contribution in [0.5, 0.6) is 0 Å². The highest BCUT2D eigenvalue weighted by atomic mass is 32.2. The zero-order valence-corrected chi connectivity index (χ0v) is 17.1. The molecule has 0 atom stereocenters. The first kappa shape index (κ1) is 21.6. The number of carbonyl (C=O) groups is 1. The third-order valence-corrected chi connectivity index (χ3v) is 7.12. The molecule has 1 aliphatic rings. The highest BCUT2D eigenvalue weighted by Gasteiger charge is 2.23. The van der Waals surface area contributed by atoms with Crippen LogP contribution in [0.15, 0.2) is 28.0 Å². The van der Waals surface area contributed by atoms with E-state index in [0.717, 1.165) is 25.7 Å². The summed E-state index contributed by atoms with van der Waals surface area (Å²) in [5.41, 5.74) is -0.388. The van der Waals surface area contributed by atoms with Gasteiger partial charge in [-0.2, -0.15) is 4.31 Å². The Bertz CT molecular complexity index is 776. The van der Waals surface area contributed by atoms with Gasteiger partial charge in [-0.1, -0.05) is 46.0 Å². The number of sulfonamides is 1. The standard InChI is InChI=1S/C19H31N3O4S/c1-3-22(4-2)27(25,26)17-12-13-19(24)21(14-17)15-18(23)20-16-10-8-6-5-7-9-11-16/h12-14,16H,3-11,15H2,1-2H3,(H,20,23). The van der Waals surface area contributed by atoms with E-state index in [1.807, 2.05) is 0 Å². The van der Waals surface area contributed by atoms with Crippen molar-refractivity contribution in [2.75, 3.05) is 13.1 Å². The lowest BCUT2D eigenvalue weighted by Gasteiger charge is -2.21. The highest BCUT2D eigenvalue weighted by molar-refractivity contribution is 7.89. The molecule has 1 fully saturated rings. The van der Waals surface area contributed by atoms with E-state index in [-0.39, 0.29) is 28.9 Å². The second-order valence-electron chi connectivity index (χ2n) is 7.03. The zero-order valence-electron chi connectivity index (χ0n) is 16.3. The second-order valence-corrected chi connectivity index (χ2v) is 8.97. The molecule has 0 radical (unpaired) electrons. The first-order chi connectivity index (χ1) is 12.9. The lowest BCUT2D eigenvalue weighted by molar-refractivity contribution is -0.122. The lowest BCUT2D eigenvalue weighted by atomic mass is 9.97. The topological polar surface area (TPSA) is 88.5 Å². The maximum Gasteiger partial charge on any atom is 0.251 e. The fourth-order valence-corrected chi connectivity index (χ4v) is 5.01. The third-order valence-electron chi connectivity index (χ3n) is 5.08. The quantitative estimate of drug-likeness (QED) is 0.763. The van der Waals surface area contributed by atoms with Crippen LogP contribution in [0, 0.1) is 0 Å². The molecule has 152 valence electrons. The average molecular weight is 398 g/mol.